The van der Waals surface area contributed by atoms with Crippen LogP contribution in [0.25, 0.3) is 0 Å². The summed E-state index contributed by atoms with van der Waals surface area (Å²) in [6.07, 6.45) is 0.768. The Morgan fingerprint density at radius 2 is 2.17 bits per heavy atom. The topological polar surface area (TPSA) is 50.7 Å². The third kappa shape index (κ3) is 2.94. The highest BCUT2D eigenvalue weighted by atomic mass is 16.7. The molecule has 2 N–H and O–H groups in total. The zero-order valence-corrected chi connectivity index (χ0v) is 11.0. The van der Waals surface area contributed by atoms with Crippen LogP contribution in [0.15, 0.2) is 18.2 Å². The maximum atomic E-state index is 9.05. The van der Waals surface area contributed by atoms with Crippen LogP contribution in [0, 0.1) is 5.92 Å². The summed E-state index contributed by atoms with van der Waals surface area (Å²) in [5.74, 6) is 2.15. The Morgan fingerprint density at radius 3 is 2.89 bits per heavy atom. The molecule has 100 valence electrons. The van der Waals surface area contributed by atoms with Crippen LogP contribution in [0.3, 0.4) is 0 Å². The van der Waals surface area contributed by atoms with Crippen LogP contribution in [0.2, 0.25) is 0 Å². The number of aliphatic hydroxyl groups excluding tert-OH is 1. The van der Waals surface area contributed by atoms with Crippen LogP contribution < -0.4 is 14.8 Å². The van der Waals surface area contributed by atoms with Crippen LogP contribution in [-0.4, -0.2) is 24.5 Å². The minimum Gasteiger partial charge on any atom is -0.454 e. The van der Waals surface area contributed by atoms with Crippen LogP contribution in [-0.2, 0) is 6.54 Å². The third-order valence-electron chi connectivity index (χ3n) is 3.28. The van der Waals surface area contributed by atoms with Crippen LogP contribution >= 0.6 is 0 Å². The minimum atomic E-state index is 0.211. The molecule has 0 radical (unpaired) electrons. The monoisotopic (exact) mass is 251 g/mol. The van der Waals surface area contributed by atoms with Crippen molar-refractivity contribution in [1.82, 2.24) is 5.32 Å². The summed E-state index contributed by atoms with van der Waals surface area (Å²) in [7, 11) is 0. The summed E-state index contributed by atoms with van der Waals surface area (Å²) in [5, 5.41) is 12.5. The van der Waals surface area contributed by atoms with Gasteiger partial charge in [-0.2, -0.15) is 0 Å². The first-order chi connectivity index (χ1) is 8.72. The van der Waals surface area contributed by atoms with Gasteiger partial charge in [0.05, 0.1) is 0 Å². The molecule has 1 heterocycles. The quantitative estimate of drug-likeness (QED) is 0.811. The molecule has 0 spiro atoms. The first-order valence-electron chi connectivity index (χ1n) is 6.44. The fourth-order valence-corrected chi connectivity index (χ4v) is 2.18. The van der Waals surface area contributed by atoms with E-state index in [0.29, 0.717) is 18.8 Å². The van der Waals surface area contributed by atoms with Crippen molar-refractivity contribution in [1.29, 1.82) is 0 Å². The highest BCUT2D eigenvalue weighted by Gasteiger charge is 2.18. The minimum absolute atomic E-state index is 0.211. The van der Waals surface area contributed by atoms with E-state index in [0.717, 1.165) is 30.0 Å². The van der Waals surface area contributed by atoms with Gasteiger partial charge in [0.15, 0.2) is 11.5 Å². The summed E-state index contributed by atoms with van der Waals surface area (Å²) < 4.78 is 10.8. The number of hydrogen-bond acceptors (Lipinski definition) is 4. The number of para-hydroxylation sites is 1. The highest BCUT2D eigenvalue weighted by Crippen LogP contribution is 2.35. The van der Waals surface area contributed by atoms with E-state index in [-0.39, 0.29) is 6.61 Å². The largest absolute Gasteiger partial charge is 0.454 e. The molecule has 1 aromatic carbocycles. The second kappa shape index (κ2) is 6.07. The molecule has 1 atom stereocenters. The van der Waals surface area contributed by atoms with E-state index >= 15 is 0 Å². The lowest BCUT2D eigenvalue weighted by atomic mass is 10.0. The summed E-state index contributed by atoms with van der Waals surface area (Å²) in [6, 6.07) is 6.24. The van der Waals surface area contributed by atoms with Gasteiger partial charge < -0.3 is 19.9 Å². The lowest BCUT2D eigenvalue weighted by Gasteiger charge is -2.21. The highest BCUT2D eigenvalue weighted by molar-refractivity contribution is 5.48. The number of ether oxygens (including phenoxy) is 2. The molecule has 0 amide bonds. The molecule has 0 aromatic heterocycles. The molecular weight excluding hydrogens is 230 g/mol. The predicted molar refractivity (Wildman–Crippen MR) is 69.7 cm³/mol. The predicted octanol–water partition coefficient (Wildman–Crippen LogP) is 1.91. The van der Waals surface area contributed by atoms with Crippen molar-refractivity contribution in [3.63, 3.8) is 0 Å². The SMILES string of the molecule is CC(C)C(CCO)NCc1cccc2c1OCO2. The van der Waals surface area contributed by atoms with Crippen molar-refractivity contribution >= 4 is 0 Å². The standard InChI is InChI=1S/C14H21NO3/c1-10(2)12(6-7-16)15-8-11-4-3-5-13-14(11)18-9-17-13/h3-5,10,12,15-16H,6-9H2,1-2H3. The van der Waals surface area contributed by atoms with Crippen LogP contribution in [0.5, 0.6) is 11.5 Å². The average molecular weight is 251 g/mol. The molecule has 0 bridgehead atoms. The summed E-state index contributed by atoms with van der Waals surface area (Å²) in [5.41, 5.74) is 1.11. The molecule has 1 unspecified atom stereocenters. The molecule has 18 heavy (non-hydrogen) atoms. The Kier molecular flexibility index (Phi) is 4.44. The maximum absolute atomic E-state index is 9.05. The molecule has 0 fully saturated rings. The van der Waals surface area contributed by atoms with Gasteiger partial charge in [-0.3, -0.25) is 0 Å². The van der Waals surface area contributed by atoms with Gasteiger partial charge in [0, 0.05) is 24.8 Å². The molecule has 1 aliphatic heterocycles. The van der Waals surface area contributed by atoms with Crippen molar-refractivity contribution in [2.75, 3.05) is 13.4 Å². The van der Waals surface area contributed by atoms with E-state index in [1.165, 1.54) is 0 Å². The third-order valence-corrected chi connectivity index (χ3v) is 3.28. The van der Waals surface area contributed by atoms with E-state index in [1.807, 2.05) is 18.2 Å². The molecule has 0 aliphatic carbocycles. The smallest absolute Gasteiger partial charge is 0.231 e. The van der Waals surface area contributed by atoms with E-state index in [2.05, 4.69) is 19.2 Å². The van der Waals surface area contributed by atoms with Gasteiger partial charge in [-0.1, -0.05) is 26.0 Å². The normalized spacial score (nSPS) is 15.1. The molecule has 0 saturated carbocycles. The van der Waals surface area contributed by atoms with Crippen LogP contribution in [0.1, 0.15) is 25.8 Å². The number of hydrogen-bond donors (Lipinski definition) is 2. The van der Waals surface area contributed by atoms with Crippen molar-refractivity contribution in [3.05, 3.63) is 23.8 Å². The van der Waals surface area contributed by atoms with Gasteiger partial charge in [-0.25, -0.2) is 0 Å². The van der Waals surface area contributed by atoms with E-state index in [4.69, 9.17) is 14.6 Å². The van der Waals surface area contributed by atoms with Gasteiger partial charge >= 0.3 is 0 Å². The zero-order chi connectivity index (χ0) is 13.0. The Hall–Kier alpha value is -1.26. The van der Waals surface area contributed by atoms with E-state index in [1.54, 1.807) is 0 Å². The van der Waals surface area contributed by atoms with Crippen molar-refractivity contribution in [2.45, 2.75) is 32.9 Å². The van der Waals surface area contributed by atoms with Crippen LogP contribution in [0.4, 0.5) is 0 Å². The Balaban J connectivity index is 1.99. The second-order valence-electron chi connectivity index (χ2n) is 4.89. The van der Waals surface area contributed by atoms with Gasteiger partial charge in [-0.15, -0.1) is 0 Å². The Labute approximate surface area is 108 Å². The van der Waals surface area contributed by atoms with E-state index < -0.39 is 0 Å². The number of rotatable bonds is 6. The second-order valence-corrected chi connectivity index (χ2v) is 4.89. The molecule has 1 aliphatic rings. The summed E-state index contributed by atoms with van der Waals surface area (Å²) in [4.78, 5) is 0. The first-order valence-corrected chi connectivity index (χ1v) is 6.44. The fraction of sp³-hybridized carbons (Fsp3) is 0.571. The molecule has 2 rings (SSSR count). The zero-order valence-electron chi connectivity index (χ0n) is 11.0. The summed E-state index contributed by atoms with van der Waals surface area (Å²) >= 11 is 0. The molecular formula is C14H21NO3. The molecule has 0 saturated heterocycles. The van der Waals surface area contributed by atoms with Gasteiger partial charge in [-0.05, 0) is 18.4 Å². The number of aliphatic hydroxyl groups is 1. The summed E-state index contributed by atoms with van der Waals surface area (Å²) in [6.45, 7) is 5.55. The lowest BCUT2D eigenvalue weighted by molar-refractivity contribution is 0.173. The maximum Gasteiger partial charge on any atom is 0.231 e. The number of nitrogens with one attached hydrogen (secondary N) is 1. The lowest BCUT2D eigenvalue weighted by Crippen LogP contribution is -2.34. The number of fused-ring (bicyclic) bond motifs is 1. The first kappa shape index (κ1) is 13.2. The molecule has 1 aromatic rings. The van der Waals surface area contributed by atoms with Crippen molar-refractivity contribution in [2.24, 2.45) is 5.92 Å². The Morgan fingerprint density at radius 1 is 1.33 bits per heavy atom. The fourth-order valence-electron chi connectivity index (χ4n) is 2.18. The Bertz CT molecular complexity index is 393. The van der Waals surface area contributed by atoms with E-state index in [9.17, 15) is 0 Å². The molecule has 4 heteroatoms. The number of benzene rings is 1. The average Bonchev–Trinajstić information content (AvgIpc) is 2.82. The molecule has 4 nitrogen and oxygen atoms in total. The van der Waals surface area contributed by atoms with Crippen molar-refractivity contribution in [3.8, 4) is 11.5 Å². The van der Waals surface area contributed by atoms with Gasteiger partial charge in [0.25, 0.3) is 0 Å². The van der Waals surface area contributed by atoms with Crippen molar-refractivity contribution < 1.29 is 14.6 Å². The van der Waals surface area contributed by atoms with Gasteiger partial charge in [0.1, 0.15) is 0 Å². The van der Waals surface area contributed by atoms with Gasteiger partial charge in [0.2, 0.25) is 6.79 Å².